The van der Waals surface area contributed by atoms with E-state index in [1.54, 1.807) is 16.9 Å². The van der Waals surface area contributed by atoms with Crippen LogP contribution in [0.25, 0.3) is 0 Å². The molecule has 1 aliphatic rings. The number of carbonyl (C=O) groups excluding carboxylic acids is 3. The molecule has 178 valence electrons. The van der Waals surface area contributed by atoms with Gasteiger partial charge >= 0.3 is 5.97 Å². The van der Waals surface area contributed by atoms with Crippen molar-refractivity contribution in [3.8, 4) is 11.5 Å². The van der Waals surface area contributed by atoms with Crippen molar-refractivity contribution < 1.29 is 28.6 Å². The molecule has 1 fully saturated rings. The van der Waals surface area contributed by atoms with Crippen LogP contribution < -0.4 is 20.1 Å². The van der Waals surface area contributed by atoms with Gasteiger partial charge in [0.25, 0.3) is 5.91 Å². The number of methoxy groups -OCH3 is 2. The third kappa shape index (κ3) is 5.82. The molecular formula is C23H30N4O6. The number of ether oxygens (including phenoxy) is 3. The van der Waals surface area contributed by atoms with Crippen LogP contribution in [-0.2, 0) is 14.3 Å². The van der Waals surface area contributed by atoms with Gasteiger partial charge in [0.15, 0.2) is 18.1 Å². The number of benzene rings is 1. The number of aromatic nitrogens is 2. The van der Waals surface area contributed by atoms with Crippen molar-refractivity contribution in [1.29, 1.82) is 0 Å². The van der Waals surface area contributed by atoms with Gasteiger partial charge in [-0.3, -0.25) is 9.59 Å². The highest BCUT2D eigenvalue weighted by Gasteiger charge is 2.26. The normalized spacial score (nSPS) is 13.6. The number of nitrogens with zero attached hydrogens (tertiary/aromatic N) is 2. The molecule has 0 radical (unpaired) electrons. The molecule has 3 rings (SSSR count). The number of hydrogen-bond donors (Lipinski definition) is 2. The van der Waals surface area contributed by atoms with Gasteiger partial charge in [-0.25, -0.2) is 9.48 Å². The fraction of sp³-hybridized carbons (Fsp3) is 0.478. The van der Waals surface area contributed by atoms with Crippen molar-refractivity contribution in [2.75, 3.05) is 31.5 Å². The number of anilines is 2. The second kappa shape index (κ2) is 10.8. The molecule has 1 saturated carbocycles. The van der Waals surface area contributed by atoms with Crippen molar-refractivity contribution in [2.45, 2.75) is 45.6 Å². The predicted molar refractivity (Wildman–Crippen MR) is 122 cm³/mol. The van der Waals surface area contributed by atoms with Gasteiger partial charge in [-0.1, -0.05) is 12.8 Å². The number of esters is 1. The van der Waals surface area contributed by atoms with Gasteiger partial charge in [-0.05, 0) is 26.7 Å². The Bertz CT molecular complexity index is 1010. The number of rotatable bonds is 9. The van der Waals surface area contributed by atoms with Gasteiger partial charge in [-0.15, -0.1) is 0 Å². The minimum Gasteiger partial charge on any atom is -0.493 e. The third-order valence-electron chi connectivity index (χ3n) is 5.49. The highest BCUT2D eigenvalue weighted by Crippen LogP contribution is 2.35. The number of amides is 2. The summed E-state index contributed by atoms with van der Waals surface area (Å²) in [5, 5.41) is 9.64. The maximum absolute atomic E-state index is 12.9. The molecule has 2 N–H and O–H groups in total. The number of nitrogens with one attached hydrogen (secondary N) is 2. The monoisotopic (exact) mass is 458 g/mol. The summed E-state index contributed by atoms with van der Waals surface area (Å²) >= 11 is 0. The van der Waals surface area contributed by atoms with E-state index >= 15 is 0 Å². The molecule has 0 atom stereocenters. The largest absolute Gasteiger partial charge is 0.493 e. The molecule has 1 heterocycles. The van der Waals surface area contributed by atoms with E-state index in [2.05, 4.69) is 15.7 Å². The zero-order chi connectivity index (χ0) is 24.0. The SMILES string of the molecule is COc1cc(NC(=O)C2CCCC2)c(C(=O)OCC(=O)Nc2ccnn2C(C)C)cc1OC. The molecule has 10 heteroatoms. The van der Waals surface area contributed by atoms with Gasteiger partial charge in [-0.2, -0.15) is 5.10 Å². The van der Waals surface area contributed by atoms with Crippen LogP contribution in [0.1, 0.15) is 55.9 Å². The average Bonchev–Trinajstić information content (AvgIpc) is 3.49. The first-order chi connectivity index (χ1) is 15.8. The minimum absolute atomic E-state index is 0.0515. The van der Waals surface area contributed by atoms with Crippen LogP contribution in [-0.4, -0.2) is 48.4 Å². The highest BCUT2D eigenvalue weighted by molar-refractivity contribution is 6.03. The Morgan fingerprint density at radius 1 is 1.09 bits per heavy atom. The van der Waals surface area contributed by atoms with E-state index in [9.17, 15) is 14.4 Å². The molecule has 2 aromatic rings. The first-order valence-corrected chi connectivity index (χ1v) is 10.9. The zero-order valence-corrected chi connectivity index (χ0v) is 19.3. The summed E-state index contributed by atoms with van der Waals surface area (Å²) in [4.78, 5) is 37.9. The van der Waals surface area contributed by atoms with E-state index in [4.69, 9.17) is 14.2 Å². The summed E-state index contributed by atoms with van der Waals surface area (Å²) in [5.41, 5.74) is 0.312. The number of carbonyl (C=O) groups is 3. The van der Waals surface area contributed by atoms with Crippen LogP contribution in [0.5, 0.6) is 11.5 Å². The van der Waals surface area contributed by atoms with E-state index < -0.39 is 18.5 Å². The topological polar surface area (TPSA) is 121 Å². The molecule has 1 aromatic heterocycles. The molecule has 2 amide bonds. The second-order valence-corrected chi connectivity index (χ2v) is 8.10. The maximum Gasteiger partial charge on any atom is 0.340 e. The van der Waals surface area contributed by atoms with Crippen LogP contribution in [0, 0.1) is 5.92 Å². The Balaban J connectivity index is 1.73. The van der Waals surface area contributed by atoms with Gasteiger partial charge in [0, 0.05) is 30.2 Å². The van der Waals surface area contributed by atoms with E-state index in [1.165, 1.54) is 26.4 Å². The lowest BCUT2D eigenvalue weighted by atomic mass is 10.1. The Morgan fingerprint density at radius 3 is 2.39 bits per heavy atom. The highest BCUT2D eigenvalue weighted by atomic mass is 16.5. The fourth-order valence-corrected chi connectivity index (χ4v) is 3.79. The average molecular weight is 459 g/mol. The molecule has 1 aliphatic carbocycles. The Kier molecular flexibility index (Phi) is 7.92. The molecular weight excluding hydrogens is 428 g/mol. The molecule has 0 unspecified atom stereocenters. The molecule has 1 aromatic carbocycles. The van der Waals surface area contributed by atoms with Crippen LogP contribution in [0.3, 0.4) is 0 Å². The maximum atomic E-state index is 12.9. The van der Waals surface area contributed by atoms with Crippen molar-refractivity contribution in [2.24, 2.45) is 5.92 Å². The summed E-state index contributed by atoms with van der Waals surface area (Å²) in [6.07, 6.45) is 5.20. The molecule has 0 spiro atoms. The van der Waals surface area contributed by atoms with E-state index in [-0.39, 0.29) is 29.1 Å². The lowest BCUT2D eigenvalue weighted by Gasteiger charge is -2.17. The first-order valence-electron chi connectivity index (χ1n) is 10.9. The standard InChI is InChI=1S/C23H30N4O6/c1-14(2)27-20(9-10-24-27)26-21(28)13-33-23(30)16-11-18(31-3)19(32-4)12-17(16)25-22(29)15-7-5-6-8-15/h9-12,14-15H,5-8,13H2,1-4H3,(H,25,29)(H,26,28). The molecule has 0 aliphatic heterocycles. The number of hydrogen-bond acceptors (Lipinski definition) is 7. The second-order valence-electron chi connectivity index (χ2n) is 8.10. The first kappa shape index (κ1) is 24.1. The van der Waals surface area contributed by atoms with Gasteiger partial charge in [0.2, 0.25) is 5.91 Å². The molecule has 33 heavy (non-hydrogen) atoms. The summed E-state index contributed by atoms with van der Waals surface area (Å²) in [6, 6.07) is 4.65. The Hall–Kier alpha value is -3.56. The zero-order valence-electron chi connectivity index (χ0n) is 19.3. The van der Waals surface area contributed by atoms with Gasteiger partial charge in [0.05, 0.1) is 31.7 Å². The van der Waals surface area contributed by atoms with Crippen molar-refractivity contribution in [3.63, 3.8) is 0 Å². The lowest BCUT2D eigenvalue weighted by molar-refractivity contribution is -0.120. The van der Waals surface area contributed by atoms with E-state index in [0.29, 0.717) is 17.3 Å². The van der Waals surface area contributed by atoms with Crippen LogP contribution in [0.15, 0.2) is 24.4 Å². The fourth-order valence-electron chi connectivity index (χ4n) is 3.79. The Labute approximate surface area is 192 Å². The van der Waals surface area contributed by atoms with Crippen molar-refractivity contribution in [3.05, 3.63) is 30.0 Å². The molecule has 10 nitrogen and oxygen atoms in total. The Morgan fingerprint density at radius 2 is 1.76 bits per heavy atom. The van der Waals surface area contributed by atoms with Gasteiger partial charge < -0.3 is 24.8 Å². The lowest BCUT2D eigenvalue weighted by Crippen LogP contribution is -2.25. The minimum atomic E-state index is -0.773. The van der Waals surface area contributed by atoms with E-state index in [1.807, 2.05) is 13.8 Å². The summed E-state index contributed by atoms with van der Waals surface area (Å²) < 4.78 is 17.5. The van der Waals surface area contributed by atoms with Crippen LogP contribution in [0.4, 0.5) is 11.5 Å². The van der Waals surface area contributed by atoms with Crippen molar-refractivity contribution >= 4 is 29.3 Å². The smallest absolute Gasteiger partial charge is 0.340 e. The van der Waals surface area contributed by atoms with Gasteiger partial charge in [0.1, 0.15) is 5.82 Å². The quantitative estimate of drug-likeness (QED) is 0.553. The third-order valence-corrected chi connectivity index (χ3v) is 5.49. The van der Waals surface area contributed by atoms with Crippen LogP contribution in [0.2, 0.25) is 0 Å². The molecule has 0 bridgehead atoms. The van der Waals surface area contributed by atoms with E-state index in [0.717, 1.165) is 25.7 Å². The predicted octanol–water partition coefficient (Wildman–Crippen LogP) is 3.41. The van der Waals surface area contributed by atoms with Crippen molar-refractivity contribution in [1.82, 2.24) is 9.78 Å². The van der Waals surface area contributed by atoms with Crippen LogP contribution >= 0.6 is 0 Å². The molecule has 0 saturated heterocycles. The summed E-state index contributed by atoms with van der Waals surface area (Å²) in [6.45, 7) is 3.36. The summed E-state index contributed by atoms with van der Waals surface area (Å²) in [7, 11) is 2.90. The summed E-state index contributed by atoms with van der Waals surface area (Å²) in [5.74, 6) is -0.384.